The Morgan fingerprint density at radius 3 is 2.88 bits per heavy atom. The van der Waals surface area contributed by atoms with Crippen LogP contribution in [0.4, 0.5) is 0 Å². The Balaban J connectivity index is 1.59. The van der Waals surface area contributed by atoms with Crippen LogP contribution in [-0.4, -0.2) is 36.5 Å². The average Bonchev–Trinajstić information content (AvgIpc) is 3.04. The number of ketones is 1. The van der Waals surface area contributed by atoms with E-state index < -0.39 is 11.7 Å². The predicted octanol–water partition coefficient (Wildman–Crippen LogP) is 1.58. The van der Waals surface area contributed by atoms with Crippen LogP contribution >= 0.6 is 0 Å². The van der Waals surface area contributed by atoms with Crippen LogP contribution in [0.15, 0.2) is 36.5 Å². The maximum absolute atomic E-state index is 12.1. The Morgan fingerprint density at radius 1 is 1.33 bits per heavy atom. The number of carbonyl (C=O) groups excluding carboxylic acids is 2. The van der Waals surface area contributed by atoms with Gasteiger partial charge in [0.1, 0.15) is 0 Å². The number of nitrogens with one attached hydrogen (secondary N) is 1. The van der Waals surface area contributed by atoms with E-state index in [0.717, 1.165) is 17.7 Å². The molecule has 0 radical (unpaired) electrons. The van der Waals surface area contributed by atoms with Gasteiger partial charge in [-0.15, -0.1) is 0 Å². The van der Waals surface area contributed by atoms with E-state index in [1.54, 1.807) is 37.1 Å². The van der Waals surface area contributed by atoms with Crippen LogP contribution in [0.3, 0.4) is 0 Å². The van der Waals surface area contributed by atoms with Crippen LogP contribution in [0.25, 0.3) is 0 Å². The van der Waals surface area contributed by atoms with E-state index in [2.05, 4.69) is 5.32 Å². The van der Waals surface area contributed by atoms with E-state index in [1.165, 1.54) is 0 Å². The van der Waals surface area contributed by atoms with Crippen molar-refractivity contribution in [1.82, 2.24) is 9.88 Å². The highest BCUT2D eigenvalue weighted by Crippen LogP contribution is 2.35. The molecule has 1 amide bonds. The average molecular weight is 328 g/mol. The second-order valence-corrected chi connectivity index (χ2v) is 5.87. The van der Waals surface area contributed by atoms with Gasteiger partial charge in [0.05, 0.1) is 19.4 Å². The second-order valence-electron chi connectivity index (χ2n) is 5.87. The first-order valence-electron chi connectivity index (χ1n) is 7.82. The Hall–Kier alpha value is -2.76. The molecule has 0 unspecified atom stereocenters. The predicted molar refractivity (Wildman–Crippen MR) is 88.4 cm³/mol. The normalized spacial score (nSPS) is 16.0. The molecule has 1 aliphatic rings. The Morgan fingerprint density at radius 2 is 2.17 bits per heavy atom. The monoisotopic (exact) mass is 328 g/mol. The zero-order chi connectivity index (χ0) is 17.1. The highest BCUT2D eigenvalue weighted by molar-refractivity contribution is 6.42. The lowest BCUT2D eigenvalue weighted by Gasteiger charge is -2.26. The molecule has 2 heterocycles. The lowest BCUT2D eigenvalue weighted by atomic mass is 9.96. The van der Waals surface area contributed by atoms with E-state index in [1.807, 2.05) is 18.2 Å². The summed E-state index contributed by atoms with van der Waals surface area (Å²) >= 11 is 0. The molecule has 1 N–H and O–H groups in total. The molecule has 3 rings (SSSR count). The number of aryl methyl sites for hydroxylation is 1. The Labute approximate surface area is 140 Å². The molecule has 6 heteroatoms. The maximum Gasteiger partial charge on any atom is 0.294 e. The molecule has 2 aromatic rings. The van der Waals surface area contributed by atoms with Crippen molar-refractivity contribution >= 4 is 11.7 Å². The zero-order valence-corrected chi connectivity index (χ0v) is 13.7. The molecule has 24 heavy (non-hydrogen) atoms. The van der Waals surface area contributed by atoms with E-state index in [0.29, 0.717) is 24.6 Å². The van der Waals surface area contributed by atoms with Crippen molar-refractivity contribution < 1.29 is 19.1 Å². The minimum Gasteiger partial charge on any atom is -0.493 e. The first-order chi connectivity index (χ1) is 11.6. The maximum atomic E-state index is 12.1. The van der Waals surface area contributed by atoms with Crippen LogP contribution in [0.5, 0.6) is 11.5 Å². The molecule has 1 aromatic carbocycles. The van der Waals surface area contributed by atoms with Gasteiger partial charge >= 0.3 is 0 Å². The van der Waals surface area contributed by atoms with Gasteiger partial charge in [-0.2, -0.15) is 0 Å². The summed E-state index contributed by atoms with van der Waals surface area (Å²) in [6.07, 6.45) is 2.50. The molecule has 0 fully saturated rings. The van der Waals surface area contributed by atoms with Crippen molar-refractivity contribution in [2.45, 2.75) is 6.42 Å². The van der Waals surface area contributed by atoms with Crippen LogP contribution in [0.1, 0.15) is 16.1 Å². The molecule has 0 spiro atoms. The number of carbonyl (C=O) groups is 2. The lowest BCUT2D eigenvalue weighted by molar-refractivity contribution is -0.117. The summed E-state index contributed by atoms with van der Waals surface area (Å²) in [5, 5.41) is 2.71. The van der Waals surface area contributed by atoms with Gasteiger partial charge in [0.25, 0.3) is 11.7 Å². The van der Waals surface area contributed by atoms with Gasteiger partial charge in [0.2, 0.25) is 0 Å². The van der Waals surface area contributed by atoms with E-state index >= 15 is 0 Å². The van der Waals surface area contributed by atoms with Crippen LogP contribution in [-0.2, 0) is 18.3 Å². The quantitative estimate of drug-likeness (QED) is 0.668. The molecule has 0 saturated heterocycles. The van der Waals surface area contributed by atoms with Gasteiger partial charge in [0, 0.05) is 25.7 Å². The van der Waals surface area contributed by atoms with Crippen molar-refractivity contribution in [2.75, 3.05) is 20.3 Å². The summed E-state index contributed by atoms with van der Waals surface area (Å²) in [5.41, 5.74) is 1.43. The zero-order valence-electron chi connectivity index (χ0n) is 13.7. The van der Waals surface area contributed by atoms with Crippen molar-refractivity contribution in [1.29, 1.82) is 0 Å². The van der Waals surface area contributed by atoms with Gasteiger partial charge < -0.3 is 19.4 Å². The summed E-state index contributed by atoms with van der Waals surface area (Å²) in [7, 11) is 3.35. The molecule has 1 atom stereocenters. The number of hydrogen-bond donors (Lipinski definition) is 1. The van der Waals surface area contributed by atoms with E-state index in [9.17, 15) is 9.59 Å². The molecule has 126 valence electrons. The highest BCUT2D eigenvalue weighted by Gasteiger charge is 2.25. The van der Waals surface area contributed by atoms with Gasteiger partial charge in [0.15, 0.2) is 11.5 Å². The third kappa shape index (κ3) is 3.13. The van der Waals surface area contributed by atoms with Crippen molar-refractivity contribution in [3.63, 3.8) is 0 Å². The summed E-state index contributed by atoms with van der Waals surface area (Å²) in [5.74, 6) is 0.487. The number of para-hydroxylation sites is 1. The van der Waals surface area contributed by atoms with Crippen LogP contribution < -0.4 is 14.8 Å². The topological polar surface area (TPSA) is 69.6 Å². The number of hydrogen-bond acceptors (Lipinski definition) is 4. The minimum absolute atomic E-state index is 0.120. The van der Waals surface area contributed by atoms with Crippen LogP contribution in [0, 0.1) is 5.92 Å². The Bertz CT molecular complexity index is 766. The summed E-state index contributed by atoms with van der Waals surface area (Å²) < 4.78 is 12.7. The fourth-order valence-corrected chi connectivity index (χ4v) is 2.88. The molecule has 1 aliphatic heterocycles. The Kier molecular flexibility index (Phi) is 4.55. The van der Waals surface area contributed by atoms with Gasteiger partial charge in [-0.1, -0.05) is 12.1 Å². The first-order valence-corrected chi connectivity index (χ1v) is 7.82. The third-order valence-electron chi connectivity index (χ3n) is 4.19. The van der Waals surface area contributed by atoms with Crippen molar-refractivity contribution in [3.8, 4) is 11.5 Å². The molecule has 0 aliphatic carbocycles. The fraction of sp³-hybridized carbons (Fsp3) is 0.333. The summed E-state index contributed by atoms with van der Waals surface area (Å²) in [6, 6.07) is 9.13. The second kappa shape index (κ2) is 6.78. The number of methoxy groups -OCH3 is 1. The lowest BCUT2D eigenvalue weighted by Crippen LogP contribution is -2.38. The van der Waals surface area contributed by atoms with Gasteiger partial charge in [-0.3, -0.25) is 9.59 Å². The molecule has 0 saturated carbocycles. The first kappa shape index (κ1) is 16.1. The molecular formula is C18H20N2O4. The number of nitrogens with zero attached hydrogens (tertiary/aromatic N) is 1. The molecular weight excluding hydrogens is 308 g/mol. The largest absolute Gasteiger partial charge is 0.493 e. The van der Waals surface area contributed by atoms with E-state index in [4.69, 9.17) is 9.47 Å². The highest BCUT2D eigenvalue weighted by atomic mass is 16.5. The number of fused-ring (bicyclic) bond motifs is 1. The van der Waals surface area contributed by atoms with Crippen molar-refractivity contribution in [2.24, 2.45) is 13.0 Å². The molecule has 6 nitrogen and oxygen atoms in total. The fourth-order valence-electron chi connectivity index (χ4n) is 2.88. The molecule has 1 aromatic heterocycles. The smallest absolute Gasteiger partial charge is 0.294 e. The summed E-state index contributed by atoms with van der Waals surface area (Å²) in [6.45, 7) is 0.873. The van der Waals surface area contributed by atoms with Crippen molar-refractivity contribution in [3.05, 3.63) is 47.8 Å². The van der Waals surface area contributed by atoms with E-state index in [-0.39, 0.29) is 5.92 Å². The van der Waals surface area contributed by atoms with Gasteiger partial charge in [-0.25, -0.2) is 0 Å². The van der Waals surface area contributed by atoms with Gasteiger partial charge in [-0.05, 0) is 30.2 Å². The number of benzene rings is 1. The number of ether oxygens (including phenoxy) is 2. The minimum atomic E-state index is -0.590. The SMILES string of the molecule is COc1cccc2c1OC[C@@H](CNC(=O)C(=O)c1cccn1C)C2. The number of amides is 1. The standard InChI is InChI=1S/C18H20N2O4/c1-20-8-4-6-14(20)16(21)18(22)19-10-12-9-13-5-3-7-15(23-2)17(13)24-11-12/h3-8,12H,9-11H2,1-2H3,(H,19,22)/t12-/m1/s1. The van der Waals surface area contributed by atoms with Crippen LogP contribution in [0.2, 0.25) is 0 Å². The number of Topliss-reactive ketones (excluding diaryl/α,β-unsaturated/α-hetero) is 1. The number of aromatic nitrogens is 1. The third-order valence-corrected chi connectivity index (χ3v) is 4.19. The summed E-state index contributed by atoms with van der Waals surface area (Å²) in [4.78, 5) is 24.1. The molecule has 0 bridgehead atoms. The number of rotatable bonds is 5.